The van der Waals surface area contributed by atoms with Crippen LogP contribution in [0.3, 0.4) is 0 Å². The van der Waals surface area contributed by atoms with Gasteiger partial charge in [-0.05, 0) is 51.4 Å². The van der Waals surface area contributed by atoms with Crippen molar-refractivity contribution in [2.24, 2.45) is 0 Å². The van der Waals surface area contributed by atoms with Crippen LogP contribution in [0.25, 0.3) is 0 Å². The first-order chi connectivity index (χ1) is 38.6. The smallest absolute Gasteiger partial charge is 0.305 e. The van der Waals surface area contributed by atoms with E-state index in [1.165, 1.54) is 191 Å². The Labute approximate surface area is 505 Å². The van der Waals surface area contributed by atoms with Crippen LogP contribution in [0.2, 0.25) is 0 Å². The highest BCUT2D eigenvalue weighted by atomic mass is 33.1. The number of rotatable bonds is 59. The molecule has 2 aliphatic rings. The molecule has 0 amide bonds. The summed E-state index contributed by atoms with van der Waals surface area (Å²) in [6, 6.07) is 0. The number of carbonyl (C=O) groups excluding carboxylic acids is 2. The molecule has 2 aliphatic heterocycles. The molecule has 80 heavy (non-hydrogen) atoms. The number of nitrogens with zero attached hydrogens (tertiary/aromatic N) is 2. The molecule has 2 saturated heterocycles. The van der Waals surface area contributed by atoms with Crippen LogP contribution in [0.15, 0.2) is 0 Å². The van der Waals surface area contributed by atoms with Crippen LogP contribution in [0.1, 0.15) is 257 Å². The maximum absolute atomic E-state index is 12.3. The van der Waals surface area contributed by atoms with Crippen molar-refractivity contribution < 1.29 is 65.0 Å². The number of quaternary nitrogens is 2. The SMILES string of the molecule is C[N+](C)(CCOC(=O)CCCCC1CCSS1)CCOP(=O)([O-])OCCCCCCCCCCCCCCCCCCCCCCCCCCCCCCCCOP(=O)([O-])OCC[N+](C)(C)CCOC(=O)CCCCC1CCSS1. The van der Waals surface area contributed by atoms with Gasteiger partial charge in [-0.25, -0.2) is 0 Å². The normalized spacial score (nSPS) is 17.5. The van der Waals surface area contributed by atoms with Gasteiger partial charge in [0.25, 0.3) is 15.6 Å². The van der Waals surface area contributed by atoms with E-state index in [1.54, 1.807) is 0 Å². The molecule has 0 aromatic carbocycles. The minimum absolute atomic E-state index is 0.0409. The predicted molar refractivity (Wildman–Crippen MR) is 337 cm³/mol. The van der Waals surface area contributed by atoms with Crippen LogP contribution in [-0.2, 0) is 46.3 Å². The minimum Gasteiger partial charge on any atom is -0.756 e. The van der Waals surface area contributed by atoms with E-state index in [-0.39, 0.29) is 38.4 Å². The molecule has 20 heteroatoms. The molecule has 4 atom stereocenters. The molecule has 4 unspecified atom stereocenters. The molecule has 2 fully saturated rings. The lowest BCUT2D eigenvalue weighted by molar-refractivity contribution is -0.890. The minimum atomic E-state index is -4.32. The van der Waals surface area contributed by atoms with Crippen LogP contribution in [0, 0.1) is 0 Å². The Morgan fingerprint density at radius 1 is 0.375 bits per heavy atom. The molecule has 0 saturated carbocycles. The fourth-order valence-corrected chi connectivity index (χ4v) is 17.5. The summed E-state index contributed by atoms with van der Waals surface area (Å²) in [6.07, 6.45) is 47.4. The first-order valence-electron chi connectivity index (χ1n) is 32.3. The maximum Gasteiger partial charge on any atom is 0.305 e. The van der Waals surface area contributed by atoms with Gasteiger partial charge in [-0.3, -0.25) is 18.7 Å². The van der Waals surface area contributed by atoms with Crippen LogP contribution in [0.5, 0.6) is 0 Å². The van der Waals surface area contributed by atoms with Crippen molar-refractivity contribution in [3.05, 3.63) is 0 Å². The number of phosphoric acid groups is 2. The van der Waals surface area contributed by atoms with Crippen molar-refractivity contribution in [2.75, 3.05) is 106 Å². The fraction of sp³-hybridized carbons (Fsp3) is 0.967. The molecule has 2 heterocycles. The number of ether oxygens (including phenoxy) is 2. The summed E-state index contributed by atoms with van der Waals surface area (Å²) in [7, 11) is 7.12. The first kappa shape index (κ1) is 76.6. The summed E-state index contributed by atoms with van der Waals surface area (Å²) >= 11 is 0. The highest BCUT2D eigenvalue weighted by Gasteiger charge is 2.22. The summed E-state index contributed by atoms with van der Waals surface area (Å²) in [5.41, 5.74) is 0. The van der Waals surface area contributed by atoms with Crippen LogP contribution < -0.4 is 9.79 Å². The Kier molecular flexibility index (Phi) is 48.3. The second-order valence-corrected chi connectivity index (χ2v) is 32.6. The molecular formula is C60H118N2O12P2S4. The lowest BCUT2D eigenvalue weighted by atomic mass is 10.0. The summed E-state index contributed by atoms with van der Waals surface area (Å²) in [4.78, 5) is 48.7. The van der Waals surface area contributed by atoms with Crippen LogP contribution in [-0.4, -0.2) is 137 Å². The second kappa shape index (κ2) is 50.5. The van der Waals surface area contributed by atoms with Gasteiger partial charge in [0, 0.05) is 34.8 Å². The number of carbonyl (C=O) groups is 2. The predicted octanol–water partition coefficient (Wildman–Crippen LogP) is 16.4. The van der Waals surface area contributed by atoms with Gasteiger partial charge in [-0.2, -0.15) is 0 Å². The highest BCUT2D eigenvalue weighted by Crippen LogP contribution is 2.42. The zero-order chi connectivity index (χ0) is 58.2. The number of hydrogen-bond donors (Lipinski definition) is 0. The molecule has 474 valence electrons. The standard InChI is InChI=1S/C60H118N2O12P2S4/c1-61(2,45-51-69-59(63)41-35-33-39-57-43-55-77-79-57)47-53-73-75(65,66)71-49-37-31-29-27-25-23-21-19-17-15-13-11-9-7-5-6-8-10-12-14-16-18-20-22-24-26-28-30-32-38-50-72-76(67,68)74-54-48-62(3,4)46-52-70-60(64)42-36-34-40-58-44-56-78-80-58/h57-58H,5-56H2,1-4H3. The summed E-state index contributed by atoms with van der Waals surface area (Å²) in [6.45, 7) is 3.20. The average Bonchev–Trinajstić information content (AvgIpc) is 4.14. The molecule has 0 aliphatic carbocycles. The first-order valence-corrected chi connectivity index (χ1v) is 40.0. The third-order valence-corrected chi connectivity index (χ3v) is 23.6. The molecule has 0 spiro atoms. The number of hydrogen-bond acceptors (Lipinski definition) is 16. The molecule has 0 radical (unpaired) electrons. The number of esters is 2. The van der Waals surface area contributed by atoms with Crippen molar-refractivity contribution in [3.8, 4) is 0 Å². The van der Waals surface area contributed by atoms with Gasteiger partial charge in [-0.1, -0.05) is 236 Å². The summed E-state index contributed by atoms with van der Waals surface area (Å²) < 4.78 is 56.8. The molecule has 0 bridgehead atoms. The van der Waals surface area contributed by atoms with E-state index in [1.807, 2.05) is 71.4 Å². The topological polar surface area (TPSA) is 170 Å². The monoisotopic (exact) mass is 1250 g/mol. The van der Waals surface area contributed by atoms with E-state index < -0.39 is 15.6 Å². The zero-order valence-corrected chi connectivity index (χ0v) is 56.3. The van der Waals surface area contributed by atoms with Gasteiger partial charge in [0.2, 0.25) is 0 Å². The summed E-state index contributed by atoms with van der Waals surface area (Å²) in [5, 5.41) is 1.48. The quantitative estimate of drug-likeness (QED) is 0.0185. The highest BCUT2D eigenvalue weighted by molar-refractivity contribution is 8.77. The Bertz CT molecular complexity index is 1470. The Morgan fingerprint density at radius 2 is 0.625 bits per heavy atom. The Hall–Kier alpha value is 0.480. The van der Waals surface area contributed by atoms with E-state index >= 15 is 0 Å². The lowest BCUT2D eigenvalue weighted by Crippen LogP contribution is -2.45. The van der Waals surface area contributed by atoms with E-state index in [0.29, 0.717) is 61.2 Å². The van der Waals surface area contributed by atoms with Crippen LogP contribution >= 0.6 is 58.8 Å². The molecule has 2 rings (SSSR count). The van der Waals surface area contributed by atoms with E-state index in [0.717, 1.165) is 74.7 Å². The molecule has 0 aromatic heterocycles. The van der Waals surface area contributed by atoms with Crippen molar-refractivity contribution in [1.29, 1.82) is 0 Å². The van der Waals surface area contributed by atoms with Crippen molar-refractivity contribution in [2.45, 2.75) is 267 Å². The zero-order valence-electron chi connectivity index (χ0n) is 51.2. The van der Waals surface area contributed by atoms with E-state index in [2.05, 4.69) is 0 Å². The second-order valence-electron chi connectivity index (χ2n) is 24.2. The number of unbranched alkanes of at least 4 members (excludes halogenated alkanes) is 31. The lowest BCUT2D eigenvalue weighted by Gasteiger charge is -2.31. The summed E-state index contributed by atoms with van der Waals surface area (Å²) in [5.74, 6) is 2.17. The van der Waals surface area contributed by atoms with Gasteiger partial charge >= 0.3 is 11.9 Å². The Morgan fingerprint density at radius 3 is 0.887 bits per heavy atom. The van der Waals surface area contributed by atoms with Crippen molar-refractivity contribution in [1.82, 2.24) is 0 Å². The molecular weight excluding hydrogens is 1130 g/mol. The van der Waals surface area contributed by atoms with Gasteiger partial charge in [0.05, 0.1) is 41.4 Å². The van der Waals surface area contributed by atoms with E-state index in [4.69, 9.17) is 27.6 Å². The third-order valence-electron chi connectivity index (χ3n) is 15.6. The van der Waals surface area contributed by atoms with Gasteiger partial charge in [0.1, 0.15) is 52.6 Å². The fourth-order valence-electron chi connectivity index (χ4n) is 9.97. The Balaban J connectivity index is 1.21. The van der Waals surface area contributed by atoms with Gasteiger partial charge < -0.3 is 46.3 Å². The molecule has 0 N–H and O–H groups in total. The average molecular weight is 1250 g/mol. The third kappa shape index (κ3) is 49.6. The molecule has 0 aromatic rings. The van der Waals surface area contributed by atoms with Gasteiger partial charge in [0.15, 0.2) is 0 Å². The largest absolute Gasteiger partial charge is 0.756 e. The van der Waals surface area contributed by atoms with Crippen molar-refractivity contribution in [3.63, 3.8) is 0 Å². The van der Waals surface area contributed by atoms with Crippen molar-refractivity contribution >= 4 is 70.8 Å². The van der Waals surface area contributed by atoms with Crippen LogP contribution in [0.4, 0.5) is 0 Å². The number of likely N-dealkylation sites (N-methyl/N-ethyl adjacent to an activating group) is 2. The maximum atomic E-state index is 12.3. The number of phosphoric ester groups is 2. The van der Waals surface area contributed by atoms with Gasteiger partial charge in [-0.15, -0.1) is 0 Å². The molecule has 14 nitrogen and oxygen atoms in total. The van der Waals surface area contributed by atoms with E-state index in [9.17, 15) is 28.5 Å².